The quantitative estimate of drug-likeness (QED) is 0.495. The number of rotatable bonds is 4. The van der Waals surface area contributed by atoms with Gasteiger partial charge in [-0.1, -0.05) is 23.7 Å². The molecule has 4 aromatic rings. The van der Waals surface area contributed by atoms with Crippen molar-refractivity contribution in [2.45, 2.75) is 11.8 Å². The summed E-state index contributed by atoms with van der Waals surface area (Å²) >= 11 is 5.94. The number of halogens is 1. The molecule has 2 heterocycles. The number of amides is 1. The first kappa shape index (κ1) is 18.7. The number of hydrogen-bond acceptors (Lipinski definition) is 4. The van der Waals surface area contributed by atoms with Crippen LogP contribution in [0.4, 0.5) is 11.5 Å². The van der Waals surface area contributed by atoms with E-state index >= 15 is 0 Å². The van der Waals surface area contributed by atoms with Crippen molar-refractivity contribution >= 4 is 49.8 Å². The first-order valence-corrected chi connectivity index (χ1v) is 10.9. The molecule has 30 heavy (non-hydrogen) atoms. The molecule has 2 N–H and O–H groups in total. The van der Waals surface area contributed by atoms with Gasteiger partial charge in [-0.15, -0.1) is 5.10 Å². The number of nitrogens with zero attached hydrogens (tertiary/aromatic N) is 2. The predicted molar refractivity (Wildman–Crippen MR) is 116 cm³/mol. The molecule has 5 rings (SSSR count). The van der Waals surface area contributed by atoms with Gasteiger partial charge in [0.05, 0.1) is 10.6 Å². The second kappa shape index (κ2) is 6.58. The Balaban J connectivity index is 1.55. The van der Waals surface area contributed by atoms with Crippen LogP contribution in [0.25, 0.3) is 16.5 Å². The maximum atomic E-state index is 13.2. The van der Waals surface area contributed by atoms with Gasteiger partial charge in [-0.25, -0.2) is 13.1 Å². The van der Waals surface area contributed by atoms with Crippen molar-refractivity contribution in [2.75, 3.05) is 10.0 Å². The minimum absolute atomic E-state index is 0.0818. The van der Waals surface area contributed by atoms with E-state index in [0.29, 0.717) is 27.0 Å². The van der Waals surface area contributed by atoms with Gasteiger partial charge in [0.25, 0.3) is 15.9 Å². The number of aryl methyl sites for hydroxylation is 1. The van der Waals surface area contributed by atoms with Gasteiger partial charge in [0, 0.05) is 38.8 Å². The van der Waals surface area contributed by atoms with Crippen molar-refractivity contribution < 1.29 is 13.2 Å². The summed E-state index contributed by atoms with van der Waals surface area (Å²) in [6, 6.07) is 16.9. The van der Waals surface area contributed by atoms with Gasteiger partial charge in [-0.05, 0) is 49.4 Å². The summed E-state index contributed by atoms with van der Waals surface area (Å²) in [6.07, 6.45) is 0. The lowest BCUT2D eigenvalue weighted by Gasteiger charge is -2.10. The molecule has 3 aromatic carbocycles. The highest BCUT2D eigenvalue weighted by Crippen LogP contribution is 2.37. The topological polar surface area (TPSA) is 93.1 Å². The molecule has 0 bridgehead atoms. The standard InChI is InChI=1S/C21H15ClN4O3S/c1-12-11-19(24-26(12)14-7-5-13(22)6-8-14)25-30(28,29)18-10-9-17-20-15(18)3-2-4-16(20)21(27)23-17/h2-11H,1H3,(H,23,27)(H,24,25). The van der Waals surface area contributed by atoms with Gasteiger partial charge in [0.2, 0.25) is 0 Å². The SMILES string of the molecule is Cc1cc(NS(=O)(=O)c2ccc3c4c(cccc24)C(=O)N3)nn1-c1ccc(Cl)cc1. The minimum Gasteiger partial charge on any atom is -0.321 e. The van der Waals surface area contributed by atoms with E-state index in [2.05, 4.69) is 15.1 Å². The number of anilines is 2. The zero-order chi connectivity index (χ0) is 21.0. The second-order valence-electron chi connectivity index (χ2n) is 6.96. The Labute approximate surface area is 177 Å². The molecule has 0 radical (unpaired) electrons. The van der Waals surface area contributed by atoms with Crippen LogP contribution in [0.15, 0.2) is 65.6 Å². The fourth-order valence-corrected chi connectivity index (χ4v) is 4.98. The van der Waals surface area contributed by atoms with Crippen LogP contribution in [0.1, 0.15) is 16.1 Å². The minimum atomic E-state index is -3.94. The molecule has 1 aromatic heterocycles. The third-order valence-electron chi connectivity index (χ3n) is 4.98. The van der Waals surface area contributed by atoms with E-state index in [1.807, 2.05) is 6.92 Å². The Morgan fingerprint density at radius 2 is 1.83 bits per heavy atom. The van der Waals surface area contributed by atoms with Crippen molar-refractivity contribution in [2.24, 2.45) is 0 Å². The Morgan fingerprint density at radius 1 is 1.07 bits per heavy atom. The Bertz CT molecular complexity index is 1440. The van der Waals surface area contributed by atoms with Crippen LogP contribution in [0.2, 0.25) is 5.02 Å². The third-order valence-corrected chi connectivity index (χ3v) is 6.65. The van der Waals surface area contributed by atoms with Gasteiger partial charge in [0.1, 0.15) is 0 Å². The normalized spacial score (nSPS) is 12.9. The third kappa shape index (κ3) is 2.92. The maximum absolute atomic E-state index is 13.2. The van der Waals surface area contributed by atoms with Gasteiger partial charge in [0.15, 0.2) is 5.82 Å². The summed E-state index contributed by atoms with van der Waals surface area (Å²) in [4.78, 5) is 12.2. The van der Waals surface area contributed by atoms with Crippen molar-refractivity contribution in [1.82, 2.24) is 9.78 Å². The van der Waals surface area contributed by atoms with Crippen LogP contribution >= 0.6 is 11.6 Å². The summed E-state index contributed by atoms with van der Waals surface area (Å²) < 4.78 is 30.5. The molecule has 150 valence electrons. The van der Waals surface area contributed by atoms with Crippen LogP contribution in [0, 0.1) is 6.92 Å². The molecule has 0 unspecified atom stereocenters. The average Bonchev–Trinajstić information content (AvgIpc) is 3.23. The van der Waals surface area contributed by atoms with E-state index in [1.54, 1.807) is 59.3 Å². The van der Waals surface area contributed by atoms with Crippen LogP contribution in [0.3, 0.4) is 0 Å². The molecular weight excluding hydrogens is 424 g/mol. The molecule has 0 saturated carbocycles. The predicted octanol–water partition coefficient (Wildman–Crippen LogP) is 4.35. The number of carbonyl (C=O) groups excluding carboxylic acids is 1. The van der Waals surface area contributed by atoms with E-state index in [0.717, 1.165) is 11.4 Å². The Hall–Kier alpha value is -3.36. The number of hydrogen-bond donors (Lipinski definition) is 2. The van der Waals surface area contributed by atoms with Crippen LogP contribution in [-0.2, 0) is 10.0 Å². The molecule has 0 atom stereocenters. The molecule has 1 aliphatic rings. The molecular formula is C21H15ClN4O3S. The number of carbonyl (C=O) groups is 1. The number of sulfonamides is 1. The molecule has 1 amide bonds. The lowest BCUT2D eigenvalue weighted by molar-refractivity contribution is 0.103. The molecule has 7 nitrogen and oxygen atoms in total. The van der Waals surface area contributed by atoms with E-state index in [9.17, 15) is 13.2 Å². The fraction of sp³-hybridized carbons (Fsp3) is 0.0476. The first-order valence-electron chi connectivity index (χ1n) is 9.06. The van der Waals surface area contributed by atoms with Crippen LogP contribution in [-0.4, -0.2) is 24.1 Å². The lowest BCUT2D eigenvalue weighted by Crippen LogP contribution is -2.14. The molecule has 0 aliphatic carbocycles. The first-order chi connectivity index (χ1) is 14.3. The highest BCUT2D eigenvalue weighted by atomic mass is 35.5. The largest absolute Gasteiger partial charge is 0.321 e. The summed E-state index contributed by atoms with van der Waals surface area (Å²) in [5.41, 5.74) is 2.58. The molecule has 9 heteroatoms. The van der Waals surface area contributed by atoms with Crippen LogP contribution in [0.5, 0.6) is 0 Å². The summed E-state index contributed by atoms with van der Waals surface area (Å²) in [7, 11) is -3.94. The van der Waals surface area contributed by atoms with Crippen molar-refractivity contribution in [3.05, 3.63) is 76.9 Å². The monoisotopic (exact) mass is 438 g/mol. The molecule has 0 saturated heterocycles. The summed E-state index contributed by atoms with van der Waals surface area (Å²) in [5.74, 6) is -0.0460. The van der Waals surface area contributed by atoms with Crippen LogP contribution < -0.4 is 10.0 Å². The van der Waals surface area contributed by atoms with Gasteiger partial charge >= 0.3 is 0 Å². The second-order valence-corrected chi connectivity index (χ2v) is 9.05. The zero-order valence-corrected chi connectivity index (χ0v) is 17.3. The highest BCUT2D eigenvalue weighted by molar-refractivity contribution is 7.93. The van der Waals surface area contributed by atoms with Gasteiger partial charge in [-0.2, -0.15) is 0 Å². The van der Waals surface area contributed by atoms with Gasteiger partial charge < -0.3 is 5.32 Å². The highest BCUT2D eigenvalue weighted by Gasteiger charge is 2.26. The van der Waals surface area contributed by atoms with E-state index in [1.165, 1.54) is 6.07 Å². The van der Waals surface area contributed by atoms with E-state index in [4.69, 9.17) is 11.6 Å². The maximum Gasteiger partial charge on any atom is 0.263 e. The average molecular weight is 439 g/mol. The number of aromatic nitrogens is 2. The zero-order valence-electron chi connectivity index (χ0n) is 15.7. The molecule has 0 spiro atoms. The summed E-state index contributed by atoms with van der Waals surface area (Å²) in [5, 5.41) is 8.81. The molecule has 0 fully saturated rings. The van der Waals surface area contributed by atoms with Crippen molar-refractivity contribution in [1.29, 1.82) is 0 Å². The summed E-state index contributed by atoms with van der Waals surface area (Å²) in [6.45, 7) is 1.83. The van der Waals surface area contributed by atoms with E-state index < -0.39 is 10.0 Å². The lowest BCUT2D eigenvalue weighted by atomic mass is 10.1. The van der Waals surface area contributed by atoms with E-state index in [-0.39, 0.29) is 16.6 Å². The Morgan fingerprint density at radius 3 is 2.60 bits per heavy atom. The Kier molecular flexibility index (Phi) is 4.09. The fourth-order valence-electron chi connectivity index (χ4n) is 3.66. The number of nitrogens with one attached hydrogen (secondary N) is 2. The van der Waals surface area contributed by atoms with Gasteiger partial charge in [-0.3, -0.25) is 9.52 Å². The van der Waals surface area contributed by atoms with Crippen molar-refractivity contribution in [3.63, 3.8) is 0 Å². The van der Waals surface area contributed by atoms with Crippen molar-refractivity contribution in [3.8, 4) is 5.69 Å². The molecule has 1 aliphatic heterocycles. The smallest absolute Gasteiger partial charge is 0.263 e. The number of benzene rings is 3.